The molecule has 0 aromatic heterocycles. The molecule has 0 unspecified atom stereocenters. The van der Waals surface area contributed by atoms with Crippen molar-refractivity contribution in [3.63, 3.8) is 0 Å². The van der Waals surface area contributed by atoms with Crippen LogP contribution in [0.5, 0.6) is 0 Å². The van der Waals surface area contributed by atoms with Gasteiger partial charge in [0.05, 0.1) is 22.4 Å². The number of hydrogen-bond donors (Lipinski definition) is 2. The lowest BCUT2D eigenvalue weighted by atomic mass is 10.1. The highest BCUT2D eigenvalue weighted by molar-refractivity contribution is 6.31. The van der Waals surface area contributed by atoms with Crippen LogP contribution in [0.3, 0.4) is 0 Å². The average Bonchev–Trinajstić information content (AvgIpc) is 2.47. The van der Waals surface area contributed by atoms with Gasteiger partial charge in [0, 0.05) is 5.02 Å². The lowest BCUT2D eigenvalue weighted by molar-refractivity contribution is 0.0692. The Hall–Kier alpha value is -2.84. The molecule has 2 rings (SSSR count). The number of carbonyl (C=O) groups excluding carboxylic acids is 1. The Morgan fingerprint density at radius 3 is 2.43 bits per heavy atom. The number of anilines is 1. The van der Waals surface area contributed by atoms with E-state index in [1.54, 1.807) is 6.07 Å². The first-order chi connectivity index (χ1) is 10.0. The van der Waals surface area contributed by atoms with E-state index in [-0.39, 0.29) is 22.4 Å². The molecule has 0 saturated heterocycles. The fourth-order valence-electron chi connectivity index (χ4n) is 1.77. The summed E-state index contributed by atoms with van der Waals surface area (Å²) in [5.74, 6) is -1.82. The number of carboxylic acid groups (broad SMARTS) is 1. The van der Waals surface area contributed by atoms with Gasteiger partial charge < -0.3 is 10.4 Å². The quantitative estimate of drug-likeness (QED) is 0.911. The third kappa shape index (κ3) is 3.19. The van der Waals surface area contributed by atoms with Crippen LogP contribution in [0.25, 0.3) is 0 Å². The number of carbonyl (C=O) groups is 2. The van der Waals surface area contributed by atoms with Crippen LogP contribution >= 0.6 is 11.6 Å². The van der Waals surface area contributed by atoms with E-state index in [1.807, 2.05) is 6.07 Å². The molecule has 0 atom stereocenters. The molecule has 5 nitrogen and oxygen atoms in total. The molecule has 0 saturated carbocycles. The summed E-state index contributed by atoms with van der Waals surface area (Å²) < 4.78 is 0. The van der Waals surface area contributed by atoms with Gasteiger partial charge in [-0.3, -0.25) is 4.79 Å². The standard InChI is InChI=1S/C15H9ClN2O3/c16-10-6-5-9(8-17)13(7-10)18-14(19)11-3-1-2-4-12(11)15(20)21/h1-7H,(H,18,19)(H,20,21). The molecule has 0 heterocycles. The molecule has 6 heteroatoms. The summed E-state index contributed by atoms with van der Waals surface area (Å²) in [6.45, 7) is 0. The highest BCUT2D eigenvalue weighted by Crippen LogP contribution is 2.21. The second-order valence-electron chi connectivity index (χ2n) is 4.11. The third-order valence-electron chi connectivity index (χ3n) is 2.75. The number of nitriles is 1. The van der Waals surface area contributed by atoms with Gasteiger partial charge in [-0.1, -0.05) is 23.7 Å². The Labute approximate surface area is 125 Å². The Bertz CT molecular complexity index is 766. The van der Waals surface area contributed by atoms with Gasteiger partial charge in [0.2, 0.25) is 0 Å². The second-order valence-corrected chi connectivity index (χ2v) is 4.54. The van der Waals surface area contributed by atoms with E-state index in [2.05, 4.69) is 5.32 Å². The molecule has 0 aliphatic carbocycles. The maximum absolute atomic E-state index is 12.2. The number of hydrogen-bond acceptors (Lipinski definition) is 3. The zero-order valence-electron chi connectivity index (χ0n) is 10.6. The van der Waals surface area contributed by atoms with Crippen LogP contribution in [0, 0.1) is 11.3 Å². The highest BCUT2D eigenvalue weighted by atomic mass is 35.5. The minimum atomic E-state index is -1.20. The molecule has 0 aliphatic heterocycles. The average molecular weight is 301 g/mol. The van der Waals surface area contributed by atoms with Gasteiger partial charge in [-0.15, -0.1) is 0 Å². The molecule has 0 radical (unpaired) electrons. The van der Waals surface area contributed by atoms with Gasteiger partial charge in [0.15, 0.2) is 0 Å². The molecule has 0 spiro atoms. The predicted octanol–water partition coefficient (Wildman–Crippen LogP) is 3.16. The number of aromatic carboxylic acids is 1. The smallest absolute Gasteiger partial charge is 0.336 e. The number of nitrogens with zero attached hydrogens (tertiary/aromatic N) is 1. The fraction of sp³-hybridized carbons (Fsp3) is 0. The van der Waals surface area contributed by atoms with E-state index in [0.29, 0.717) is 5.02 Å². The molecule has 0 bridgehead atoms. The van der Waals surface area contributed by atoms with Crippen LogP contribution in [0.1, 0.15) is 26.3 Å². The van der Waals surface area contributed by atoms with Gasteiger partial charge in [0.25, 0.3) is 5.91 Å². The van der Waals surface area contributed by atoms with Gasteiger partial charge in [-0.2, -0.15) is 5.26 Å². The summed E-state index contributed by atoms with van der Waals surface area (Å²) in [5, 5.41) is 20.9. The third-order valence-corrected chi connectivity index (χ3v) is 2.99. The topological polar surface area (TPSA) is 90.2 Å². The molecule has 2 N–H and O–H groups in total. The van der Waals surface area contributed by atoms with Crippen molar-refractivity contribution in [3.05, 3.63) is 64.2 Å². The first-order valence-electron chi connectivity index (χ1n) is 5.86. The Balaban J connectivity index is 2.38. The first-order valence-corrected chi connectivity index (χ1v) is 6.24. The first kappa shape index (κ1) is 14.6. The maximum Gasteiger partial charge on any atom is 0.336 e. The number of halogens is 1. The number of nitrogens with one attached hydrogen (secondary N) is 1. The van der Waals surface area contributed by atoms with Crippen LogP contribution in [-0.2, 0) is 0 Å². The van der Waals surface area contributed by atoms with Crippen LogP contribution in [0.4, 0.5) is 5.69 Å². The van der Waals surface area contributed by atoms with Crippen molar-refractivity contribution >= 4 is 29.2 Å². The van der Waals surface area contributed by atoms with Crippen LogP contribution in [0.2, 0.25) is 5.02 Å². The molecule has 2 aromatic carbocycles. The molecule has 21 heavy (non-hydrogen) atoms. The van der Waals surface area contributed by atoms with E-state index >= 15 is 0 Å². The second kappa shape index (κ2) is 6.07. The SMILES string of the molecule is N#Cc1ccc(Cl)cc1NC(=O)c1ccccc1C(=O)O. The van der Waals surface area contributed by atoms with Gasteiger partial charge in [-0.05, 0) is 30.3 Å². The highest BCUT2D eigenvalue weighted by Gasteiger charge is 2.17. The monoisotopic (exact) mass is 300 g/mol. The Morgan fingerprint density at radius 2 is 1.81 bits per heavy atom. The van der Waals surface area contributed by atoms with Crippen molar-refractivity contribution in [1.82, 2.24) is 0 Å². The largest absolute Gasteiger partial charge is 0.478 e. The number of amides is 1. The number of benzene rings is 2. The molecule has 1 amide bonds. The van der Waals surface area contributed by atoms with E-state index < -0.39 is 11.9 Å². The molecule has 0 aliphatic rings. The summed E-state index contributed by atoms with van der Waals surface area (Å²) in [6, 6.07) is 12.2. The molecule has 104 valence electrons. The van der Waals surface area contributed by atoms with E-state index in [4.69, 9.17) is 22.0 Å². The number of carboxylic acids is 1. The minimum absolute atomic E-state index is 0.00821. The van der Waals surface area contributed by atoms with E-state index in [0.717, 1.165) is 0 Å². The zero-order chi connectivity index (χ0) is 15.4. The summed E-state index contributed by atoms with van der Waals surface area (Å²) in [6.07, 6.45) is 0. The van der Waals surface area contributed by atoms with Crippen LogP contribution < -0.4 is 5.32 Å². The molecule has 2 aromatic rings. The Kier molecular flexibility index (Phi) is 4.21. The van der Waals surface area contributed by atoms with Crippen molar-refractivity contribution in [2.24, 2.45) is 0 Å². The molecular formula is C15H9ClN2O3. The molecule has 0 fully saturated rings. The van der Waals surface area contributed by atoms with E-state index in [9.17, 15) is 9.59 Å². The normalized spacial score (nSPS) is 9.71. The van der Waals surface area contributed by atoms with Gasteiger partial charge >= 0.3 is 5.97 Å². The van der Waals surface area contributed by atoms with Crippen LogP contribution in [-0.4, -0.2) is 17.0 Å². The van der Waals surface area contributed by atoms with Crippen molar-refractivity contribution < 1.29 is 14.7 Å². The minimum Gasteiger partial charge on any atom is -0.478 e. The van der Waals surface area contributed by atoms with Crippen molar-refractivity contribution in [2.45, 2.75) is 0 Å². The van der Waals surface area contributed by atoms with Crippen molar-refractivity contribution in [2.75, 3.05) is 5.32 Å². The van der Waals surface area contributed by atoms with Crippen molar-refractivity contribution in [1.29, 1.82) is 5.26 Å². The summed E-state index contributed by atoms with van der Waals surface area (Å²) >= 11 is 5.83. The van der Waals surface area contributed by atoms with E-state index in [1.165, 1.54) is 36.4 Å². The molecular weight excluding hydrogens is 292 g/mol. The lowest BCUT2D eigenvalue weighted by Crippen LogP contribution is -2.17. The summed E-state index contributed by atoms with van der Waals surface area (Å²) in [5.41, 5.74) is 0.361. The van der Waals surface area contributed by atoms with Gasteiger partial charge in [-0.25, -0.2) is 4.79 Å². The Morgan fingerprint density at radius 1 is 1.14 bits per heavy atom. The summed E-state index contributed by atoms with van der Waals surface area (Å²) in [4.78, 5) is 23.3. The van der Waals surface area contributed by atoms with Gasteiger partial charge in [0.1, 0.15) is 6.07 Å². The fourth-order valence-corrected chi connectivity index (χ4v) is 1.95. The summed E-state index contributed by atoms with van der Waals surface area (Å²) in [7, 11) is 0. The maximum atomic E-state index is 12.2. The van der Waals surface area contributed by atoms with Crippen molar-refractivity contribution in [3.8, 4) is 6.07 Å². The number of rotatable bonds is 3. The van der Waals surface area contributed by atoms with Crippen LogP contribution in [0.15, 0.2) is 42.5 Å². The predicted molar refractivity (Wildman–Crippen MR) is 77.5 cm³/mol. The lowest BCUT2D eigenvalue weighted by Gasteiger charge is -2.09. The zero-order valence-corrected chi connectivity index (χ0v) is 11.4.